The third-order valence-corrected chi connectivity index (χ3v) is 4.39. The van der Waals surface area contributed by atoms with Crippen molar-refractivity contribution in [1.29, 1.82) is 0 Å². The molecule has 2 saturated heterocycles. The molecule has 0 aliphatic carbocycles. The van der Waals surface area contributed by atoms with Crippen LogP contribution in [0.2, 0.25) is 0 Å². The lowest BCUT2D eigenvalue weighted by Crippen LogP contribution is -2.30. The number of benzene rings is 1. The van der Waals surface area contributed by atoms with Crippen molar-refractivity contribution < 1.29 is 14.3 Å². The summed E-state index contributed by atoms with van der Waals surface area (Å²) in [5.41, 5.74) is 1.16. The van der Waals surface area contributed by atoms with Crippen molar-refractivity contribution in [2.24, 2.45) is 11.8 Å². The second-order valence-corrected chi connectivity index (χ2v) is 5.62. The lowest BCUT2D eigenvalue weighted by Gasteiger charge is -2.16. The second kappa shape index (κ2) is 6.41. The van der Waals surface area contributed by atoms with Crippen LogP contribution in [0.1, 0.15) is 12.0 Å². The fourth-order valence-electron chi connectivity index (χ4n) is 3.26. The fraction of sp³-hybridized carbons (Fsp3) is 0.471. The van der Waals surface area contributed by atoms with Gasteiger partial charge in [-0.25, -0.2) is 0 Å². The molecular weight excluding hydrogens is 266 g/mol. The van der Waals surface area contributed by atoms with Gasteiger partial charge in [0.1, 0.15) is 6.73 Å². The highest BCUT2D eigenvalue weighted by Gasteiger charge is 2.48. The third-order valence-electron chi connectivity index (χ3n) is 4.39. The maximum Gasteiger partial charge on any atom is 0.228 e. The van der Waals surface area contributed by atoms with Crippen molar-refractivity contribution in [3.05, 3.63) is 48.6 Å². The summed E-state index contributed by atoms with van der Waals surface area (Å²) in [7, 11) is 0. The molecule has 0 spiro atoms. The van der Waals surface area contributed by atoms with Gasteiger partial charge in [0.15, 0.2) is 0 Å². The number of hydrogen-bond acceptors (Lipinski definition) is 3. The first-order valence-corrected chi connectivity index (χ1v) is 7.43. The van der Waals surface area contributed by atoms with Gasteiger partial charge in [0.2, 0.25) is 5.91 Å². The monoisotopic (exact) mass is 287 g/mol. The van der Waals surface area contributed by atoms with Crippen molar-refractivity contribution in [3.63, 3.8) is 0 Å². The molecule has 2 aliphatic heterocycles. The Labute approximate surface area is 125 Å². The Bertz CT molecular complexity index is 502. The predicted molar refractivity (Wildman–Crippen MR) is 79.3 cm³/mol. The van der Waals surface area contributed by atoms with Gasteiger partial charge in [0.05, 0.1) is 19.3 Å². The summed E-state index contributed by atoms with van der Waals surface area (Å²) in [5, 5.41) is 0. The van der Waals surface area contributed by atoms with Gasteiger partial charge in [0.25, 0.3) is 0 Å². The van der Waals surface area contributed by atoms with Crippen molar-refractivity contribution in [1.82, 2.24) is 4.90 Å². The largest absolute Gasteiger partial charge is 0.377 e. The summed E-state index contributed by atoms with van der Waals surface area (Å²) in [5.74, 6) is 0.359. The Hall–Kier alpha value is -1.65. The lowest BCUT2D eigenvalue weighted by atomic mass is 9.88. The van der Waals surface area contributed by atoms with E-state index in [-0.39, 0.29) is 23.8 Å². The van der Waals surface area contributed by atoms with E-state index in [0.717, 1.165) is 12.0 Å². The zero-order valence-electron chi connectivity index (χ0n) is 12.1. The number of rotatable bonds is 6. The average Bonchev–Trinajstić information content (AvgIpc) is 3.08. The van der Waals surface area contributed by atoms with E-state index in [1.54, 1.807) is 0 Å². The zero-order chi connectivity index (χ0) is 14.7. The molecule has 2 aliphatic rings. The van der Waals surface area contributed by atoms with Crippen molar-refractivity contribution in [2.45, 2.75) is 19.1 Å². The molecule has 0 unspecified atom stereocenters. The van der Waals surface area contributed by atoms with Crippen molar-refractivity contribution >= 4 is 5.91 Å². The number of carbonyl (C=O) groups is 1. The number of fused-ring (bicyclic) bond motifs is 1. The molecule has 21 heavy (non-hydrogen) atoms. The standard InChI is InChI=1S/C17H21NO3/c1-2-14-15(17(19)18-12-21-11-16(14)18)8-9-20-10-13-6-4-3-5-7-13/h2-7,14-16H,1,8-12H2/t14-,15-,16+/m1/s1. The highest BCUT2D eigenvalue weighted by atomic mass is 16.5. The molecule has 2 heterocycles. The van der Waals surface area contributed by atoms with Gasteiger partial charge < -0.3 is 14.4 Å². The highest BCUT2D eigenvalue weighted by molar-refractivity contribution is 5.82. The molecule has 0 saturated carbocycles. The minimum Gasteiger partial charge on any atom is -0.377 e. The molecule has 112 valence electrons. The third kappa shape index (κ3) is 2.87. The quantitative estimate of drug-likeness (QED) is 0.595. The molecule has 1 aromatic rings. The van der Waals surface area contributed by atoms with Crippen LogP contribution in [0.5, 0.6) is 0 Å². The lowest BCUT2D eigenvalue weighted by molar-refractivity contribution is -0.133. The Morgan fingerprint density at radius 2 is 2.19 bits per heavy atom. The van der Waals surface area contributed by atoms with E-state index in [0.29, 0.717) is 26.6 Å². The van der Waals surface area contributed by atoms with Crippen LogP contribution < -0.4 is 0 Å². The van der Waals surface area contributed by atoms with Gasteiger partial charge in [-0.3, -0.25) is 4.79 Å². The topological polar surface area (TPSA) is 38.8 Å². The first kappa shape index (κ1) is 14.3. The molecule has 0 bridgehead atoms. The van der Waals surface area contributed by atoms with Crippen LogP contribution in [-0.2, 0) is 20.9 Å². The van der Waals surface area contributed by atoms with Crippen LogP contribution in [-0.4, -0.2) is 36.8 Å². The number of hydrogen-bond donors (Lipinski definition) is 0. The number of nitrogens with zero attached hydrogens (tertiary/aromatic N) is 1. The summed E-state index contributed by atoms with van der Waals surface area (Å²) in [4.78, 5) is 14.2. The smallest absolute Gasteiger partial charge is 0.228 e. The van der Waals surface area contributed by atoms with Crippen molar-refractivity contribution in [2.75, 3.05) is 19.9 Å². The maximum atomic E-state index is 12.4. The molecule has 3 atom stereocenters. The molecule has 4 nitrogen and oxygen atoms in total. The first-order chi connectivity index (χ1) is 10.3. The zero-order valence-corrected chi connectivity index (χ0v) is 12.1. The second-order valence-electron chi connectivity index (χ2n) is 5.62. The number of carbonyl (C=O) groups excluding carboxylic acids is 1. The first-order valence-electron chi connectivity index (χ1n) is 7.43. The van der Waals surface area contributed by atoms with Gasteiger partial charge in [-0.15, -0.1) is 6.58 Å². The molecule has 4 heteroatoms. The van der Waals surface area contributed by atoms with Crippen LogP contribution in [0.25, 0.3) is 0 Å². The number of ether oxygens (including phenoxy) is 2. The van der Waals surface area contributed by atoms with E-state index >= 15 is 0 Å². The molecular formula is C17H21NO3. The number of amides is 1. The Morgan fingerprint density at radius 3 is 2.95 bits per heavy atom. The maximum absolute atomic E-state index is 12.4. The van der Waals surface area contributed by atoms with Crippen LogP contribution in [0.4, 0.5) is 0 Å². The molecule has 2 fully saturated rings. The van der Waals surface area contributed by atoms with Gasteiger partial charge >= 0.3 is 0 Å². The average molecular weight is 287 g/mol. The molecule has 0 radical (unpaired) electrons. The van der Waals surface area contributed by atoms with Gasteiger partial charge in [-0.05, 0) is 12.0 Å². The van der Waals surface area contributed by atoms with E-state index in [1.807, 2.05) is 41.3 Å². The van der Waals surface area contributed by atoms with Gasteiger partial charge in [0, 0.05) is 18.4 Å². The molecule has 0 N–H and O–H groups in total. The Balaban J connectivity index is 1.50. The molecule has 1 amide bonds. The van der Waals surface area contributed by atoms with Crippen LogP contribution >= 0.6 is 0 Å². The fourth-order valence-corrected chi connectivity index (χ4v) is 3.26. The van der Waals surface area contributed by atoms with E-state index in [4.69, 9.17) is 9.47 Å². The summed E-state index contributed by atoms with van der Waals surface area (Å²) >= 11 is 0. The Kier molecular flexibility index (Phi) is 4.36. The normalized spacial score (nSPS) is 27.9. The predicted octanol–water partition coefficient (Wildman–Crippen LogP) is 2.21. The van der Waals surface area contributed by atoms with Crippen LogP contribution in [0, 0.1) is 11.8 Å². The minimum atomic E-state index is -0.00725. The SMILES string of the molecule is C=C[C@@H]1[C@@H](CCOCc2ccccc2)C(=O)N2COC[C@@H]12. The minimum absolute atomic E-state index is 0.00725. The summed E-state index contributed by atoms with van der Waals surface area (Å²) in [6.45, 7) is 6.13. The van der Waals surface area contributed by atoms with Crippen molar-refractivity contribution in [3.8, 4) is 0 Å². The summed E-state index contributed by atoms with van der Waals surface area (Å²) in [6, 6.07) is 10.3. The van der Waals surface area contributed by atoms with Crippen LogP contribution in [0.15, 0.2) is 43.0 Å². The van der Waals surface area contributed by atoms with E-state index < -0.39 is 0 Å². The molecule has 1 aromatic carbocycles. The summed E-state index contributed by atoms with van der Waals surface area (Å²) in [6.07, 6.45) is 2.65. The van der Waals surface area contributed by atoms with E-state index in [1.165, 1.54) is 0 Å². The van der Waals surface area contributed by atoms with Gasteiger partial charge in [-0.2, -0.15) is 0 Å². The summed E-state index contributed by atoms with van der Waals surface area (Å²) < 4.78 is 11.1. The molecule has 3 rings (SSSR count). The molecule has 0 aromatic heterocycles. The van der Waals surface area contributed by atoms with Crippen LogP contribution in [0.3, 0.4) is 0 Å². The Morgan fingerprint density at radius 1 is 1.38 bits per heavy atom. The van der Waals surface area contributed by atoms with E-state index in [9.17, 15) is 4.79 Å². The van der Waals surface area contributed by atoms with Gasteiger partial charge in [-0.1, -0.05) is 36.4 Å². The van der Waals surface area contributed by atoms with E-state index in [2.05, 4.69) is 6.58 Å². The highest BCUT2D eigenvalue weighted by Crippen LogP contribution is 2.36.